The molecule has 2 aliphatic rings. The third-order valence-corrected chi connectivity index (χ3v) is 4.96. The molecule has 8 heteroatoms. The smallest absolute Gasteiger partial charge is 0.289 e. The van der Waals surface area contributed by atoms with E-state index in [1.165, 1.54) is 0 Å². The van der Waals surface area contributed by atoms with Crippen LogP contribution in [0.5, 0.6) is 0 Å². The van der Waals surface area contributed by atoms with Crippen molar-refractivity contribution in [3.63, 3.8) is 0 Å². The van der Waals surface area contributed by atoms with Crippen molar-refractivity contribution in [1.29, 1.82) is 0 Å². The summed E-state index contributed by atoms with van der Waals surface area (Å²) in [5.74, 6) is -0.480. The Morgan fingerprint density at radius 2 is 2.00 bits per heavy atom. The van der Waals surface area contributed by atoms with E-state index >= 15 is 0 Å². The Morgan fingerprint density at radius 3 is 2.62 bits per heavy atom. The highest BCUT2D eigenvalue weighted by atomic mass is 16.5. The number of ether oxygens (including phenoxy) is 1. The fourth-order valence-electron chi connectivity index (χ4n) is 3.50. The average Bonchev–Trinajstić information content (AvgIpc) is 2.88. The van der Waals surface area contributed by atoms with Gasteiger partial charge in [0.05, 0.1) is 5.92 Å². The molecule has 0 saturated carbocycles. The molecule has 8 nitrogen and oxygen atoms in total. The zero-order valence-corrected chi connectivity index (χ0v) is 14.1. The number of nitrogens with zero attached hydrogens (tertiary/aromatic N) is 4. The number of carbonyl (C=O) groups is 2. The van der Waals surface area contributed by atoms with Crippen molar-refractivity contribution in [1.82, 2.24) is 19.4 Å². The van der Waals surface area contributed by atoms with E-state index in [2.05, 4.69) is 9.88 Å². The van der Waals surface area contributed by atoms with Gasteiger partial charge in [0.15, 0.2) is 5.82 Å². The molecule has 0 bridgehead atoms. The topological polar surface area (TPSA) is 93.7 Å². The lowest BCUT2D eigenvalue weighted by Gasteiger charge is -2.34. The van der Waals surface area contributed by atoms with Crippen LogP contribution in [0.15, 0.2) is 12.4 Å². The van der Waals surface area contributed by atoms with Crippen LogP contribution < -0.4 is 5.73 Å². The summed E-state index contributed by atoms with van der Waals surface area (Å²) >= 11 is 0. The zero-order valence-electron chi connectivity index (χ0n) is 14.1. The van der Waals surface area contributed by atoms with Gasteiger partial charge in [0.25, 0.3) is 5.91 Å². The summed E-state index contributed by atoms with van der Waals surface area (Å²) in [4.78, 5) is 32.7. The van der Waals surface area contributed by atoms with E-state index in [9.17, 15) is 9.59 Å². The van der Waals surface area contributed by atoms with Crippen LogP contribution in [-0.4, -0.2) is 76.6 Å². The second-order valence-electron chi connectivity index (χ2n) is 6.55. The predicted octanol–water partition coefficient (Wildman–Crippen LogP) is -0.542. The van der Waals surface area contributed by atoms with Crippen LogP contribution in [0.3, 0.4) is 0 Å². The minimum absolute atomic E-state index is 0.150. The van der Waals surface area contributed by atoms with Crippen molar-refractivity contribution in [2.45, 2.75) is 18.9 Å². The Morgan fingerprint density at radius 1 is 1.25 bits per heavy atom. The monoisotopic (exact) mass is 335 g/mol. The van der Waals surface area contributed by atoms with E-state index in [4.69, 9.17) is 10.5 Å². The Bertz CT molecular complexity index is 596. The third-order valence-electron chi connectivity index (χ3n) is 4.96. The number of primary amides is 1. The van der Waals surface area contributed by atoms with Crippen LogP contribution in [0.1, 0.15) is 23.5 Å². The predicted molar refractivity (Wildman–Crippen MR) is 87.2 cm³/mol. The summed E-state index contributed by atoms with van der Waals surface area (Å²) in [6, 6.07) is 0.392. The highest BCUT2D eigenvalue weighted by molar-refractivity contribution is 5.91. The van der Waals surface area contributed by atoms with Crippen LogP contribution in [0.2, 0.25) is 0 Å². The lowest BCUT2D eigenvalue weighted by atomic mass is 10.0. The molecule has 1 atom stereocenters. The van der Waals surface area contributed by atoms with Gasteiger partial charge in [-0.05, 0) is 12.8 Å². The molecule has 2 amide bonds. The molecule has 2 fully saturated rings. The molecule has 0 spiro atoms. The molecular weight excluding hydrogens is 310 g/mol. The minimum Gasteiger partial charge on any atom is -0.381 e. The molecule has 1 aromatic rings. The number of amides is 2. The van der Waals surface area contributed by atoms with Crippen molar-refractivity contribution < 1.29 is 14.3 Å². The van der Waals surface area contributed by atoms with E-state index in [0.717, 1.165) is 32.6 Å². The number of imidazole rings is 1. The van der Waals surface area contributed by atoms with E-state index < -0.39 is 0 Å². The van der Waals surface area contributed by atoms with Crippen molar-refractivity contribution >= 4 is 11.8 Å². The number of nitrogens with two attached hydrogens (primary N) is 1. The van der Waals surface area contributed by atoms with Gasteiger partial charge in [-0.2, -0.15) is 0 Å². The first-order valence-corrected chi connectivity index (χ1v) is 8.44. The van der Waals surface area contributed by atoms with E-state index in [1.807, 2.05) is 0 Å². The summed E-state index contributed by atoms with van der Waals surface area (Å²) in [5.41, 5.74) is 5.59. The maximum Gasteiger partial charge on any atom is 0.289 e. The number of rotatable bonds is 3. The van der Waals surface area contributed by atoms with Gasteiger partial charge < -0.3 is 19.9 Å². The molecule has 132 valence electrons. The molecule has 0 aromatic carbocycles. The van der Waals surface area contributed by atoms with Gasteiger partial charge in [-0.25, -0.2) is 4.98 Å². The van der Waals surface area contributed by atoms with Gasteiger partial charge >= 0.3 is 0 Å². The van der Waals surface area contributed by atoms with Crippen LogP contribution in [0.4, 0.5) is 0 Å². The molecule has 0 unspecified atom stereocenters. The summed E-state index contributed by atoms with van der Waals surface area (Å²) in [5, 5.41) is 0. The van der Waals surface area contributed by atoms with E-state index in [0.29, 0.717) is 31.5 Å². The molecule has 3 rings (SSSR count). The Balaban J connectivity index is 1.74. The number of hydrogen-bond donors (Lipinski definition) is 1. The number of aromatic nitrogens is 2. The van der Waals surface area contributed by atoms with Gasteiger partial charge in [-0.15, -0.1) is 0 Å². The Labute approximate surface area is 141 Å². The molecule has 1 aromatic heterocycles. The van der Waals surface area contributed by atoms with Gasteiger partial charge in [-0.1, -0.05) is 0 Å². The second-order valence-corrected chi connectivity index (χ2v) is 6.55. The first-order chi connectivity index (χ1) is 11.6. The zero-order chi connectivity index (χ0) is 17.1. The molecular formula is C16H25N5O3. The molecule has 24 heavy (non-hydrogen) atoms. The fourth-order valence-corrected chi connectivity index (χ4v) is 3.50. The number of carbonyl (C=O) groups excluding carboxylic acids is 2. The standard InChI is InChI=1S/C16H25N5O3/c1-19-5-4-18-15(19)16(23)21-7-6-20(10-12(11-21)14(17)22)13-2-8-24-9-3-13/h4-5,12-13H,2-3,6-11H2,1H3,(H2,17,22)/t12-/m1/s1. The molecule has 0 aliphatic carbocycles. The van der Waals surface area contributed by atoms with Crippen LogP contribution in [-0.2, 0) is 16.6 Å². The van der Waals surface area contributed by atoms with Crippen LogP contribution in [0, 0.1) is 5.92 Å². The molecule has 2 N–H and O–H groups in total. The normalized spacial score (nSPS) is 23.9. The van der Waals surface area contributed by atoms with Crippen molar-refractivity contribution in [3.8, 4) is 0 Å². The molecule has 3 heterocycles. The van der Waals surface area contributed by atoms with Gasteiger partial charge in [-0.3, -0.25) is 14.5 Å². The third kappa shape index (κ3) is 3.59. The maximum absolute atomic E-state index is 12.7. The maximum atomic E-state index is 12.7. The largest absolute Gasteiger partial charge is 0.381 e. The second kappa shape index (κ2) is 7.31. The van der Waals surface area contributed by atoms with Crippen molar-refractivity contribution in [3.05, 3.63) is 18.2 Å². The lowest BCUT2D eigenvalue weighted by Crippen LogP contribution is -2.44. The molecule has 2 saturated heterocycles. The quantitative estimate of drug-likeness (QED) is 0.800. The summed E-state index contributed by atoms with van der Waals surface area (Å²) in [6.07, 6.45) is 5.26. The van der Waals surface area contributed by atoms with E-state index in [1.54, 1.807) is 28.9 Å². The van der Waals surface area contributed by atoms with Crippen molar-refractivity contribution in [2.75, 3.05) is 39.4 Å². The Hall–Kier alpha value is -1.93. The van der Waals surface area contributed by atoms with Crippen LogP contribution in [0.25, 0.3) is 0 Å². The Kier molecular flexibility index (Phi) is 5.15. The van der Waals surface area contributed by atoms with Gasteiger partial charge in [0.2, 0.25) is 5.91 Å². The molecule has 2 aliphatic heterocycles. The summed E-state index contributed by atoms with van der Waals surface area (Å²) < 4.78 is 7.12. The minimum atomic E-state index is -0.362. The highest BCUT2D eigenvalue weighted by Gasteiger charge is 2.33. The summed E-state index contributed by atoms with van der Waals surface area (Å²) in [6.45, 7) is 3.76. The van der Waals surface area contributed by atoms with Gasteiger partial charge in [0, 0.05) is 64.9 Å². The first-order valence-electron chi connectivity index (χ1n) is 8.44. The SMILES string of the molecule is Cn1ccnc1C(=O)N1CCN(C2CCOCC2)C[C@@H](C(N)=O)C1. The highest BCUT2D eigenvalue weighted by Crippen LogP contribution is 2.20. The fraction of sp³-hybridized carbons (Fsp3) is 0.688. The average molecular weight is 335 g/mol. The van der Waals surface area contributed by atoms with Crippen molar-refractivity contribution in [2.24, 2.45) is 18.7 Å². The first kappa shape index (κ1) is 16.9. The lowest BCUT2D eigenvalue weighted by molar-refractivity contribution is -0.122. The van der Waals surface area contributed by atoms with Gasteiger partial charge in [0.1, 0.15) is 0 Å². The number of aryl methyl sites for hydroxylation is 1. The summed E-state index contributed by atoms with van der Waals surface area (Å²) in [7, 11) is 1.79. The molecule has 0 radical (unpaired) electrons. The number of hydrogen-bond acceptors (Lipinski definition) is 5. The van der Waals surface area contributed by atoms with E-state index in [-0.39, 0.29) is 17.7 Å². The van der Waals surface area contributed by atoms with Crippen LogP contribution >= 0.6 is 0 Å².